The average Bonchev–Trinajstić information content (AvgIpc) is 2.76. The van der Waals surface area contributed by atoms with E-state index in [2.05, 4.69) is 27.3 Å². The van der Waals surface area contributed by atoms with Crippen molar-refractivity contribution >= 4 is 0 Å². The lowest BCUT2D eigenvalue weighted by atomic mass is 9.81. The highest BCUT2D eigenvalue weighted by Crippen LogP contribution is 2.34. The molecule has 0 amide bonds. The van der Waals surface area contributed by atoms with Crippen LogP contribution in [0.4, 0.5) is 0 Å². The molecular weight excluding hydrogens is 240 g/mol. The highest BCUT2D eigenvalue weighted by molar-refractivity contribution is 4.96. The highest BCUT2D eigenvalue weighted by atomic mass is 16.5. The smallest absolute Gasteiger partial charge is 0.240 e. The van der Waals surface area contributed by atoms with E-state index in [1.165, 1.54) is 32.1 Å². The Morgan fingerprint density at radius 1 is 1.32 bits per heavy atom. The Morgan fingerprint density at radius 2 is 2.05 bits per heavy atom. The van der Waals surface area contributed by atoms with Crippen molar-refractivity contribution in [2.24, 2.45) is 0 Å². The van der Waals surface area contributed by atoms with Gasteiger partial charge in [0.25, 0.3) is 0 Å². The molecule has 0 aromatic carbocycles. The van der Waals surface area contributed by atoms with Crippen LogP contribution in [-0.4, -0.2) is 39.7 Å². The van der Waals surface area contributed by atoms with Crippen molar-refractivity contribution in [2.75, 3.05) is 6.54 Å². The SMILES string of the molecule is CCNC1CC2CCCC(C1)N2Cc1nc(C)no1. The number of fused-ring (bicyclic) bond motifs is 2. The second-order valence-corrected chi connectivity index (χ2v) is 5.87. The van der Waals surface area contributed by atoms with Gasteiger partial charge in [-0.15, -0.1) is 0 Å². The molecule has 3 heterocycles. The molecule has 2 atom stereocenters. The van der Waals surface area contributed by atoms with Crippen LogP contribution in [0.15, 0.2) is 4.52 Å². The standard InChI is InChI=1S/C14H24N4O/c1-3-15-11-7-12-5-4-6-13(8-11)18(12)9-14-16-10(2)17-19-14/h11-13,15H,3-9H2,1-2H3. The van der Waals surface area contributed by atoms with Gasteiger partial charge in [0.15, 0.2) is 5.82 Å². The third-order valence-corrected chi connectivity index (χ3v) is 4.51. The molecule has 1 aromatic heterocycles. The summed E-state index contributed by atoms with van der Waals surface area (Å²) in [7, 11) is 0. The molecule has 2 aliphatic heterocycles. The summed E-state index contributed by atoms with van der Waals surface area (Å²) in [6, 6.07) is 2.06. The van der Waals surface area contributed by atoms with Crippen LogP contribution in [-0.2, 0) is 6.54 Å². The second kappa shape index (κ2) is 5.59. The summed E-state index contributed by atoms with van der Waals surface area (Å²) in [5.74, 6) is 1.51. The van der Waals surface area contributed by atoms with E-state index in [0.29, 0.717) is 18.1 Å². The number of hydrogen-bond donors (Lipinski definition) is 1. The molecule has 2 bridgehead atoms. The number of aryl methyl sites for hydroxylation is 1. The maximum Gasteiger partial charge on any atom is 0.240 e. The topological polar surface area (TPSA) is 54.2 Å². The Morgan fingerprint density at radius 3 is 2.63 bits per heavy atom. The van der Waals surface area contributed by atoms with Crippen LogP contribution in [0.3, 0.4) is 0 Å². The molecule has 0 aliphatic carbocycles. The molecule has 2 fully saturated rings. The van der Waals surface area contributed by atoms with Crippen molar-refractivity contribution in [3.8, 4) is 0 Å². The number of hydrogen-bond acceptors (Lipinski definition) is 5. The number of nitrogens with zero attached hydrogens (tertiary/aromatic N) is 3. The third kappa shape index (κ3) is 2.82. The Labute approximate surface area is 114 Å². The molecule has 1 N–H and O–H groups in total. The molecule has 5 heteroatoms. The average molecular weight is 264 g/mol. The van der Waals surface area contributed by atoms with Gasteiger partial charge >= 0.3 is 0 Å². The Balaban J connectivity index is 1.68. The van der Waals surface area contributed by atoms with Gasteiger partial charge < -0.3 is 9.84 Å². The second-order valence-electron chi connectivity index (χ2n) is 5.87. The van der Waals surface area contributed by atoms with Gasteiger partial charge in [-0.05, 0) is 39.2 Å². The number of aromatic nitrogens is 2. The fourth-order valence-corrected chi connectivity index (χ4v) is 3.75. The van der Waals surface area contributed by atoms with Gasteiger partial charge in [-0.3, -0.25) is 4.90 Å². The predicted octanol–water partition coefficient (Wildman–Crippen LogP) is 1.87. The van der Waals surface area contributed by atoms with Crippen LogP contribution in [0.2, 0.25) is 0 Å². The molecule has 0 saturated carbocycles. The summed E-state index contributed by atoms with van der Waals surface area (Å²) < 4.78 is 5.29. The first-order valence-corrected chi connectivity index (χ1v) is 7.54. The van der Waals surface area contributed by atoms with E-state index in [-0.39, 0.29) is 0 Å². The van der Waals surface area contributed by atoms with E-state index < -0.39 is 0 Å². The van der Waals surface area contributed by atoms with Crippen LogP contribution in [0, 0.1) is 6.92 Å². The largest absolute Gasteiger partial charge is 0.338 e. The fourth-order valence-electron chi connectivity index (χ4n) is 3.75. The Hall–Kier alpha value is -0.940. The van der Waals surface area contributed by atoms with Gasteiger partial charge in [0.1, 0.15) is 0 Å². The summed E-state index contributed by atoms with van der Waals surface area (Å²) in [6.45, 7) is 5.98. The van der Waals surface area contributed by atoms with Crippen molar-refractivity contribution in [1.29, 1.82) is 0 Å². The van der Waals surface area contributed by atoms with E-state index in [1.807, 2.05) is 6.92 Å². The maximum atomic E-state index is 5.29. The van der Waals surface area contributed by atoms with Crippen molar-refractivity contribution in [3.63, 3.8) is 0 Å². The molecule has 2 saturated heterocycles. The van der Waals surface area contributed by atoms with E-state index >= 15 is 0 Å². The molecule has 3 rings (SSSR count). The van der Waals surface area contributed by atoms with Crippen LogP contribution in [0.25, 0.3) is 0 Å². The third-order valence-electron chi connectivity index (χ3n) is 4.51. The molecule has 0 radical (unpaired) electrons. The monoisotopic (exact) mass is 264 g/mol. The van der Waals surface area contributed by atoms with Gasteiger partial charge in [-0.25, -0.2) is 0 Å². The van der Waals surface area contributed by atoms with Crippen molar-refractivity contribution in [3.05, 3.63) is 11.7 Å². The number of nitrogens with one attached hydrogen (secondary N) is 1. The van der Waals surface area contributed by atoms with E-state index in [4.69, 9.17) is 4.52 Å². The fraction of sp³-hybridized carbons (Fsp3) is 0.857. The zero-order chi connectivity index (χ0) is 13.2. The summed E-state index contributed by atoms with van der Waals surface area (Å²) in [6.07, 6.45) is 6.51. The molecular formula is C14H24N4O. The van der Waals surface area contributed by atoms with Crippen LogP contribution in [0.5, 0.6) is 0 Å². The van der Waals surface area contributed by atoms with Gasteiger partial charge in [0.2, 0.25) is 5.89 Å². The molecule has 19 heavy (non-hydrogen) atoms. The van der Waals surface area contributed by atoms with E-state index in [9.17, 15) is 0 Å². The minimum absolute atomic E-state index is 0.684. The molecule has 0 spiro atoms. The summed E-state index contributed by atoms with van der Waals surface area (Å²) in [5, 5.41) is 7.52. The lowest BCUT2D eigenvalue weighted by molar-refractivity contribution is 0.0105. The van der Waals surface area contributed by atoms with Crippen LogP contribution < -0.4 is 5.32 Å². The van der Waals surface area contributed by atoms with Gasteiger partial charge in [0, 0.05) is 18.1 Å². The lowest BCUT2D eigenvalue weighted by Crippen LogP contribution is -2.55. The molecule has 5 nitrogen and oxygen atoms in total. The first-order chi connectivity index (χ1) is 9.26. The first-order valence-electron chi connectivity index (χ1n) is 7.54. The highest BCUT2D eigenvalue weighted by Gasteiger charge is 2.38. The minimum Gasteiger partial charge on any atom is -0.338 e. The Bertz CT molecular complexity index is 405. The number of piperidine rings is 2. The summed E-state index contributed by atoms with van der Waals surface area (Å²) in [5.41, 5.74) is 0. The normalized spacial score (nSPS) is 31.6. The Kier molecular flexibility index (Phi) is 3.84. The zero-order valence-electron chi connectivity index (χ0n) is 11.9. The summed E-state index contributed by atoms with van der Waals surface area (Å²) in [4.78, 5) is 6.95. The maximum absolute atomic E-state index is 5.29. The molecule has 1 aromatic rings. The first kappa shape index (κ1) is 13.1. The van der Waals surface area contributed by atoms with Crippen molar-refractivity contribution in [2.45, 2.75) is 70.6 Å². The minimum atomic E-state index is 0.684. The van der Waals surface area contributed by atoms with Crippen molar-refractivity contribution in [1.82, 2.24) is 20.4 Å². The predicted molar refractivity (Wildman–Crippen MR) is 72.7 cm³/mol. The molecule has 2 aliphatic rings. The van der Waals surface area contributed by atoms with Crippen LogP contribution in [0.1, 0.15) is 50.7 Å². The lowest BCUT2D eigenvalue weighted by Gasteiger charge is -2.48. The van der Waals surface area contributed by atoms with Crippen molar-refractivity contribution < 1.29 is 4.52 Å². The van der Waals surface area contributed by atoms with E-state index in [1.54, 1.807) is 0 Å². The van der Waals surface area contributed by atoms with E-state index in [0.717, 1.165) is 24.8 Å². The zero-order valence-corrected chi connectivity index (χ0v) is 11.9. The van der Waals surface area contributed by atoms with Gasteiger partial charge in [-0.1, -0.05) is 18.5 Å². The quantitative estimate of drug-likeness (QED) is 0.899. The number of rotatable bonds is 4. The van der Waals surface area contributed by atoms with Gasteiger partial charge in [0.05, 0.1) is 6.54 Å². The molecule has 106 valence electrons. The summed E-state index contributed by atoms with van der Waals surface area (Å²) >= 11 is 0. The molecule has 2 unspecified atom stereocenters. The van der Waals surface area contributed by atoms with Crippen LogP contribution >= 0.6 is 0 Å². The van der Waals surface area contributed by atoms with Gasteiger partial charge in [-0.2, -0.15) is 4.98 Å².